The molecule has 1 aromatic carbocycles. The van der Waals surface area contributed by atoms with E-state index in [4.69, 9.17) is 9.84 Å². The average molecular weight is 440 g/mol. The van der Waals surface area contributed by atoms with E-state index in [0.29, 0.717) is 6.54 Å². The van der Waals surface area contributed by atoms with Crippen LogP contribution in [-0.4, -0.2) is 44.4 Å². The largest absolute Gasteiger partial charge is 0.497 e. The first-order valence-corrected chi connectivity index (χ1v) is 11.3. The summed E-state index contributed by atoms with van der Waals surface area (Å²) >= 11 is 1.53. The fourth-order valence-corrected chi connectivity index (χ4v) is 5.39. The first-order valence-electron chi connectivity index (χ1n) is 10.5. The van der Waals surface area contributed by atoms with Gasteiger partial charge in [-0.3, -0.25) is 19.1 Å². The van der Waals surface area contributed by atoms with Crippen molar-refractivity contribution < 1.29 is 4.74 Å². The SMILES string of the molecule is COc1ccc(CN2CCC3(CCn4c3nn(Cc3csc(C)n3)c(=O)c4=O)C2)cc1. The van der Waals surface area contributed by atoms with Gasteiger partial charge < -0.3 is 4.74 Å². The molecule has 0 N–H and O–H groups in total. The number of hydrogen-bond acceptors (Lipinski definition) is 7. The zero-order valence-corrected chi connectivity index (χ0v) is 18.5. The van der Waals surface area contributed by atoms with E-state index in [0.717, 1.165) is 54.8 Å². The topological polar surface area (TPSA) is 82.2 Å². The van der Waals surface area contributed by atoms with Gasteiger partial charge in [0.1, 0.15) is 11.6 Å². The summed E-state index contributed by atoms with van der Waals surface area (Å²) in [6.07, 6.45) is 1.78. The van der Waals surface area contributed by atoms with E-state index >= 15 is 0 Å². The van der Waals surface area contributed by atoms with Gasteiger partial charge in [-0.25, -0.2) is 9.67 Å². The van der Waals surface area contributed by atoms with Crippen molar-refractivity contribution in [3.63, 3.8) is 0 Å². The molecule has 0 bridgehead atoms. The summed E-state index contributed by atoms with van der Waals surface area (Å²) in [7, 11) is 1.67. The number of benzene rings is 1. The smallest absolute Gasteiger partial charge is 0.332 e. The summed E-state index contributed by atoms with van der Waals surface area (Å²) in [6, 6.07) is 8.13. The molecule has 0 aliphatic carbocycles. The van der Waals surface area contributed by atoms with Gasteiger partial charge in [-0.1, -0.05) is 12.1 Å². The maximum Gasteiger partial charge on any atom is 0.332 e. The van der Waals surface area contributed by atoms with Crippen molar-refractivity contribution in [2.45, 2.75) is 44.8 Å². The van der Waals surface area contributed by atoms with Crippen LogP contribution >= 0.6 is 11.3 Å². The second-order valence-electron chi connectivity index (χ2n) is 8.44. The zero-order valence-electron chi connectivity index (χ0n) is 17.7. The van der Waals surface area contributed by atoms with Crippen LogP contribution < -0.4 is 15.9 Å². The number of aromatic nitrogens is 4. The minimum Gasteiger partial charge on any atom is -0.497 e. The minimum atomic E-state index is -0.570. The van der Waals surface area contributed by atoms with Crippen molar-refractivity contribution in [3.8, 4) is 5.75 Å². The molecule has 1 spiro atoms. The predicted molar refractivity (Wildman–Crippen MR) is 118 cm³/mol. The molecule has 0 saturated carbocycles. The van der Waals surface area contributed by atoms with Crippen LogP contribution in [-0.2, 0) is 25.0 Å². The lowest BCUT2D eigenvalue weighted by Gasteiger charge is -2.24. The summed E-state index contributed by atoms with van der Waals surface area (Å²) < 4.78 is 8.15. The van der Waals surface area contributed by atoms with Gasteiger partial charge in [-0.05, 0) is 44.0 Å². The molecular weight excluding hydrogens is 414 g/mol. The number of rotatable bonds is 5. The first kappa shape index (κ1) is 20.1. The molecule has 31 heavy (non-hydrogen) atoms. The maximum absolute atomic E-state index is 12.8. The van der Waals surface area contributed by atoms with E-state index in [-0.39, 0.29) is 12.0 Å². The second kappa shape index (κ2) is 7.72. The minimum absolute atomic E-state index is 0.181. The number of thiazole rings is 1. The molecule has 9 heteroatoms. The Morgan fingerprint density at radius 3 is 2.58 bits per heavy atom. The van der Waals surface area contributed by atoms with Crippen molar-refractivity contribution in [2.75, 3.05) is 20.2 Å². The molecule has 1 saturated heterocycles. The normalized spacial score (nSPS) is 20.5. The van der Waals surface area contributed by atoms with Gasteiger partial charge in [-0.2, -0.15) is 5.10 Å². The fraction of sp³-hybridized carbons (Fsp3) is 0.455. The summed E-state index contributed by atoms with van der Waals surface area (Å²) in [5, 5.41) is 7.55. The van der Waals surface area contributed by atoms with Crippen LogP contribution in [0.4, 0.5) is 0 Å². The van der Waals surface area contributed by atoms with Crippen LogP contribution in [0, 0.1) is 6.92 Å². The van der Waals surface area contributed by atoms with Crippen LogP contribution in [0.15, 0.2) is 39.2 Å². The molecule has 2 aliphatic heterocycles. The molecule has 1 unspecified atom stereocenters. The number of likely N-dealkylation sites (tertiary alicyclic amines) is 1. The van der Waals surface area contributed by atoms with Gasteiger partial charge in [-0.15, -0.1) is 11.3 Å². The number of hydrogen-bond donors (Lipinski definition) is 0. The van der Waals surface area contributed by atoms with Crippen molar-refractivity contribution in [1.29, 1.82) is 0 Å². The third-order valence-electron chi connectivity index (χ3n) is 6.40. The third kappa shape index (κ3) is 3.61. The fourth-order valence-electron chi connectivity index (χ4n) is 4.78. The molecule has 0 radical (unpaired) electrons. The number of ether oxygens (including phenoxy) is 1. The van der Waals surface area contributed by atoms with Gasteiger partial charge in [0.05, 0.1) is 24.4 Å². The van der Waals surface area contributed by atoms with Crippen LogP contribution in [0.5, 0.6) is 5.75 Å². The highest BCUT2D eigenvalue weighted by Gasteiger charge is 2.47. The van der Waals surface area contributed by atoms with E-state index < -0.39 is 11.1 Å². The molecule has 2 aromatic heterocycles. The van der Waals surface area contributed by atoms with E-state index in [1.807, 2.05) is 24.4 Å². The van der Waals surface area contributed by atoms with Crippen molar-refractivity contribution >= 4 is 11.3 Å². The van der Waals surface area contributed by atoms with E-state index in [1.54, 1.807) is 11.7 Å². The standard InChI is InChI=1S/C22H25N5O3S/c1-15-23-17(13-31-15)12-27-20(29)19(28)26-10-8-22(21(26)24-27)7-9-25(14-22)11-16-3-5-18(30-2)6-4-16/h3-6,13H,7-12,14H2,1-2H3. The summed E-state index contributed by atoms with van der Waals surface area (Å²) in [4.78, 5) is 32.2. The van der Waals surface area contributed by atoms with Crippen LogP contribution in [0.3, 0.4) is 0 Å². The van der Waals surface area contributed by atoms with Crippen molar-refractivity contribution in [1.82, 2.24) is 24.2 Å². The van der Waals surface area contributed by atoms with Gasteiger partial charge in [0, 0.05) is 30.4 Å². The van der Waals surface area contributed by atoms with Crippen LogP contribution in [0.25, 0.3) is 0 Å². The lowest BCUT2D eigenvalue weighted by atomic mass is 9.85. The molecular formula is C22H25N5O3S. The number of fused-ring (bicyclic) bond motifs is 2. The predicted octanol–water partition coefficient (Wildman–Crippen LogP) is 1.77. The molecule has 8 nitrogen and oxygen atoms in total. The highest BCUT2D eigenvalue weighted by atomic mass is 32.1. The Morgan fingerprint density at radius 2 is 1.87 bits per heavy atom. The highest BCUT2D eigenvalue weighted by molar-refractivity contribution is 7.09. The van der Waals surface area contributed by atoms with Crippen molar-refractivity contribution in [3.05, 3.63) is 72.4 Å². The quantitative estimate of drug-likeness (QED) is 0.564. The van der Waals surface area contributed by atoms with Crippen LogP contribution in [0.1, 0.15) is 34.9 Å². The number of nitrogens with zero attached hydrogens (tertiary/aromatic N) is 5. The van der Waals surface area contributed by atoms with Crippen molar-refractivity contribution in [2.24, 2.45) is 0 Å². The Bertz CT molecular complexity index is 1230. The molecule has 0 amide bonds. The van der Waals surface area contributed by atoms with Gasteiger partial charge >= 0.3 is 11.1 Å². The Kier molecular flexibility index (Phi) is 5.02. The Labute approximate surface area is 183 Å². The summed E-state index contributed by atoms with van der Waals surface area (Å²) in [5.74, 6) is 1.60. The molecule has 4 heterocycles. The number of aryl methyl sites for hydroxylation is 1. The molecule has 1 fully saturated rings. The maximum atomic E-state index is 12.8. The highest BCUT2D eigenvalue weighted by Crippen LogP contribution is 2.40. The van der Waals surface area contributed by atoms with E-state index in [1.165, 1.54) is 21.6 Å². The first-order chi connectivity index (χ1) is 15.0. The Balaban J connectivity index is 1.41. The van der Waals surface area contributed by atoms with Crippen LogP contribution in [0.2, 0.25) is 0 Å². The summed E-state index contributed by atoms with van der Waals surface area (Å²) in [5.41, 5.74) is 0.770. The zero-order chi connectivity index (χ0) is 21.6. The Hall–Kier alpha value is -2.78. The second-order valence-corrected chi connectivity index (χ2v) is 9.50. The third-order valence-corrected chi connectivity index (χ3v) is 7.22. The number of methoxy groups -OCH3 is 1. The van der Waals surface area contributed by atoms with E-state index in [9.17, 15) is 9.59 Å². The molecule has 162 valence electrons. The lowest BCUT2D eigenvalue weighted by molar-refractivity contribution is 0.297. The van der Waals surface area contributed by atoms with Gasteiger partial charge in [0.2, 0.25) is 0 Å². The molecule has 3 aromatic rings. The molecule has 5 rings (SSSR count). The molecule has 2 aliphatic rings. The molecule has 1 atom stereocenters. The van der Waals surface area contributed by atoms with Gasteiger partial charge in [0.25, 0.3) is 0 Å². The monoisotopic (exact) mass is 439 g/mol. The Morgan fingerprint density at radius 1 is 1.10 bits per heavy atom. The van der Waals surface area contributed by atoms with E-state index in [2.05, 4.69) is 22.0 Å². The van der Waals surface area contributed by atoms with Gasteiger partial charge in [0.15, 0.2) is 0 Å². The lowest BCUT2D eigenvalue weighted by Crippen LogP contribution is -2.45. The average Bonchev–Trinajstić information content (AvgIpc) is 3.47. The summed E-state index contributed by atoms with van der Waals surface area (Å²) in [6.45, 7) is 5.33.